The number of aliphatic hydroxyl groups excluding tert-OH is 5. The van der Waals surface area contributed by atoms with Crippen molar-refractivity contribution in [2.75, 3.05) is 13.2 Å². The first-order valence-corrected chi connectivity index (χ1v) is 65.2. The maximum absolute atomic E-state index is 15.2. The molecule has 884 valence electrons. The Bertz CT molecular complexity index is 3180. The summed E-state index contributed by atoms with van der Waals surface area (Å²) in [6, 6.07) is 0. The van der Waals surface area contributed by atoms with Crippen molar-refractivity contribution in [2.24, 2.45) is 59.2 Å². The van der Waals surface area contributed by atoms with E-state index in [0.717, 1.165) is 109 Å². The second kappa shape index (κ2) is 96.4. The van der Waals surface area contributed by atoms with E-state index in [-0.39, 0.29) is 47.5 Å². The lowest BCUT2D eigenvalue weighted by atomic mass is 9.85. The number of allylic oxidation sites excluding steroid dienone is 2. The predicted molar refractivity (Wildman–Crippen MR) is 626 cm³/mol. The van der Waals surface area contributed by atoms with E-state index in [1.54, 1.807) is 27.7 Å². The quantitative estimate of drug-likeness (QED) is 0.0164. The molecule has 0 aliphatic carbocycles. The van der Waals surface area contributed by atoms with Crippen molar-refractivity contribution < 1.29 is 87.4 Å². The molecular weight excluding hydrogens is 1870 g/mol. The van der Waals surface area contributed by atoms with Gasteiger partial charge in [-0.15, -0.1) is 0 Å². The normalized spacial score (nSPS) is 20.7. The lowest BCUT2D eigenvalue weighted by molar-refractivity contribution is -0.377. The third-order valence-electron chi connectivity index (χ3n) is 33.5. The highest BCUT2D eigenvalue weighted by atomic mass is 16.8. The number of hydrogen-bond acceptors (Lipinski definition) is 18. The number of carbonyl (C=O) groups is 5. The van der Waals surface area contributed by atoms with E-state index in [9.17, 15) is 39.9 Å². The minimum absolute atomic E-state index is 0.0183. The number of aliphatic hydroxyl groups is 5. The molecule has 2 rings (SSSR count). The SMILES string of the molecule is CCCCCCCCCCCCCCCCCC[C@H](C)C[C@H](C)[C@H](O)[C@H](C)C(=O)O[C@@H]1C(CO)O[C@H](O[C@H]2OC(COC(=O)/C(C)=C/[C@@H](C)C[C@@H](C)CCCCCCCCCCCCCCCC)[C@@H](O)C(OC(=O)/C(C)=C/[C@@H](C)C[C@@H](C)CCCCCCCCCCCCCCCC)[C@H]2OC(=O)CCCCCCCCCCCCCCC)[C@@H](OC(=O)[C@@H](C)[C@@H](O)[C@@H](C)C[C@@H](C)CCCCCCCCCCCCCCCCCC)C1O. The van der Waals surface area contributed by atoms with Crippen LogP contribution in [0.2, 0.25) is 0 Å². The van der Waals surface area contributed by atoms with Gasteiger partial charge in [0, 0.05) is 17.6 Å². The van der Waals surface area contributed by atoms with Crippen LogP contribution in [0.15, 0.2) is 23.3 Å². The lowest BCUT2D eigenvalue weighted by Crippen LogP contribution is -2.66. The Balaban J connectivity index is 2.71. The van der Waals surface area contributed by atoms with Crippen LogP contribution in [-0.4, -0.2) is 142 Å². The molecule has 0 aromatic heterocycles. The first-order valence-electron chi connectivity index (χ1n) is 65.2. The predicted octanol–water partition coefficient (Wildman–Crippen LogP) is 36.4. The van der Waals surface area contributed by atoms with Gasteiger partial charge in [0.25, 0.3) is 0 Å². The standard InChI is InChI=1S/C132H248O18/c1-18-23-28-33-38-43-48-53-57-59-64-68-73-78-83-88-93-106(8)98-110(12)119(135)114(16)129(141)147-123-116(102-133)144-131(125(122(123)138)149-130(142)115(17)120(136)111(13)99-107(9)94-89-84-79-74-69-65-60-58-54-49-44-39-34-29-24-19-2)150-132-126(146-118(134)95-90-85-80-75-70-61-52-47-42-37-32-27-22-5)124(148-128(140)113(15)101-109(11)97-105(7)92-87-82-77-72-67-63-56-51-46-41-36-31-26-21-4)121(137)117(145-132)103-143-127(139)112(14)100-108(10)96-104(6)91-86-81-76-71-66-62-55-50-45-40-35-30-25-20-3/h100-101,104-111,114-117,119-126,131-133,135-138H,18-99,102-103H2,1-17H3/b112-100+,113-101+/t104-,105-,106-,107-,108-,109-,110-,111-,114-,115-,116?,117?,119-,120-,121+,122?,123+,124?,125-,126+,131+,132+/m0/s1. The Morgan fingerprint density at radius 3 is 0.813 bits per heavy atom. The van der Waals surface area contributed by atoms with E-state index >= 15 is 9.59 Å². The van der Waals surface area contributed by atoms with E-state index in [0.29, 0.717) is 36.7 Å². The number of ether oxygens (including phenoxy) is 8. The third-order valence-corrected chi connectivity index (χ3v) is 33.5. The zero-order valence-corrected chi connectivity index (χ0v) is 101. The van der Waals surface area contributed by atoms with Crippen molar-refractivity contribution in [3.8, 4) is 0 Å². The first kappa shape index (κ1) is 143. The van der Waals surface area contributed by atoms with Gasteiger partial charge < -0.3 is 63.4 Å². The minimum atomic E-state index is -2.05. The van der Waals surface area contributed by atoms with Crippen molar-refractivity contribution in [1.29, 1.82) is 0 Å². The van der Waals surface area contributed by atoms with Crippen LogP contribution < -0.4 is 0 Å². The number of unbranched alkanes of at least 4 members (excludes halogenated alkanes) is 68. The van der Waals surface area contributed by atoms with Crippen molar-refractivity contribution in [3.63, 3.8) is 0 Å². The fourth-order valence-corrected chi connectivity index (χ4v) is 23.6. The highest BCUT2D eigenvalue weighted by Gasteiger charge is 2.57. The van der Waals surface area contributed by atoms with Gasteiger partial charge in [0.15, 0.2) is 24.4 Å². The maximum Gasteiger partial charge on any atom is 0.333 e. The topological polar surface area (TPSA) is 260 Å². The summed E-state index contributed by atoms with van der Waals surface area (Å²) in [5.74, 6) is -5.94. The summed E-state index contributed by atoms with van der Waals surface area (Å²) in [6.07, 6.45) is 81.7. The molecule has 0 saturated carbocycles. The Morgan fingerprint density at radius 2 is 0.527 bits per heavy atom. The molecule has 150 heavy (non-hydrogen) atoms. The average molecular weight is 2120 g/mol. The van der Waals surface area contributed by atoms with E-state index in [1.807, 2.05) is 26.0 Å². The van der Waals surface area contributed by atoms with Gasteiger partial charge in [-0.05, 0) is 107 Å². The van der Waals surface area contributed by atoms with Crippen molar-refractivity contribution >= 4 is 29.8 Å². The molecule has 0 radical (unpaired) electrons. The Labute approximate surface area is 925 Å². The molecule has 2 saturated heterocycles. The number of esters is 5. The van der Waals surface area contributed by atoms with Crippen LogP contribution in [-0.2, 0) is 61.9 Å². The van der Waals surface area contributed by atoms with Crippen LogP contribution in [0.25, 0.3) is 0 Å². The summed E-state index contributed by atoms with van der Waals surface area (Å²) in [5, 5.41) is 62.0. The summed E-state index contributed by atoms with van der Waals surface area (Å²) in [7, 11) is 0. The molecule has 2 fully saturated rings. The zero-order valence-electron chi connectivity index (χ0n) is 101. The van der Waals surface area contributed by atoms with Crippen molar-refractivity contribution in [1.82, 2.24) is 0 Å². The van der Waals surface area contributed by atoms with Crippen LogP contribution in [0.4, 0.5) is 0 Å². The van der Waals surface area contributed by atoms with Crippen molar-refractivity contribution in [3.05, 3.63) is 23.3 Å². The second-order valence-electron chi connectivity index (χ2n) is 49.1. The van der Waals surface area contributed by atoms with Crippen molar-refractivity contribution in [2.45, 2.75) is 718 Å². The van der Waals surface area contributed by atoms with Gasteiger partial charge in [-0.3, -0.25) is 14.4 Å². The van der Waals surface area contributed by atoms with Gasteiger partial charge in [-0.25, -0.2) is 9.59 Å². The lowest BCUT2D eigenvalue weighted by Gasteiger charge is -2.47. The molecule has 18 heteroatoms. The fourth-order valence-electron chi connectivity index (χ4n) is 23.6. The van der Waals surface area contributed by atoms with Gasteiger partial charge in [-0.2, -0.15) is 0 Å². The molecule has 0 aromatic rings. The smallest absolute Gasteiger partial charge is 0.333 e. The van der Waals surface area contributed by atoms with E-state index in [2.05, 4.69) is 76.2 Å². The molecule has 0 bridgehead atoms. The van der Waals surface area contributed by atoms with E-state index < -0.39 is 129 Å². The number of hydrogen-bond donors (Lipinski definition) is 5. The highest BCUT2D eigenvalue weighted by molar-refractivity contribution is 5.88. The summed E-state index contributed by atoms with van der Waals surface area (Å²) in [5.41, 5.74) is 0.582. The fraction of sp³-hybridized carbons (Fsp3) is 0.932. The zero-order chi connectivity index (χ0) is 110. The van der Waals surface area contributed by atoms with Crippen LogP contribution in [0, 0.1) is 59.2 Å². The van der Waals surface area contributed by atoms with Crippen LogP contribution in [0.3, 0.4) is 0 Å². The molecule has 0 spiro atoms. The van der Waals surface area contributed by atoms with Crippen LogP contribution in [0.5, 0.6) is 0 Å². The number of carbonyl (C=O) groups excluding carboxylic acids is 5. The number of rotatable bonds is 105. The molecule has 2 aliphatic heterocycles. The Hall–Kier alpha value is -3.49. The summed E-state index contributed by atoms with van der Waals surface area (Å²) >= 11 is 0. The molecule has 0 aromatic carbocycles. The molecule has 18 nitrogen and oxygen atoms in total. The summed E-state index contributed by atoms with van der Waals surface area (Å²) < 4.78 is 52.1. The molecule has 22 atom stereocenters. The average Bonchev–Trinajstić information content (AvgIpc) is 0.767. The van der Waals surface area contributed by atoms with Gasteiger partial charge in [0.05, 0.1) is 30.7 Å². The van der Waals surface area contributed by atoms with Gasteiger partial charge >= 0.3 is 29.8 Å². The Morgan fingerprint density at radius 1 is 0.280 bits per heavy atom. The van der Waals surface area contributed by atoms with Crippen LogP contribution >= 0.6 is 0 Å². The first-order chi connectivity index (χ1) is 72.6. The highest BCUT2D eigenvalue weighted by Crippen LogP contribution is 2.38. The van der Waals surface area contributed by atoms with Crippen LogP contribution in [0.1, 0.15) is 644 Å². The molecule has 5 N–H and O–H groups in total. The Kier molecular flexibility index (Phi) is 91.7. The molecule has 2 heterocycles. The minimum Gasteiger partial charge on any atom is -0.459 e. The van der Waals surface area contributed by atoms with E-state index in [4.69, 9.17) is 37.9 Å². The maximum atomic E-state index is 15.2. The van der Waals surface area contributed by atoms with Gasteiger partial charge in [0.1, 0.15) is 31.0 Å². The molecule has 0 amide bonds. The van der Waals surface area contributed by atoms with Gasteiger partial charge in [-0.1, -0.05) is 590 Å². The van der Waals surface area contributed by atoms with Gasteiger partial charge in [0.2, 0.25) is 12.6 Å². The van der Waals surface area contributed by atoms with E-state index in [1.165, 1.54) is 392 Å². The largest absolute Gasteiger partial charge is 0.459 e. The molecule has 4 unspecified atom stereocenters. The molecular formula is C132H248O18. The monoisotopic (exact) mass is 2120 g/mol. The summed E-state index contributed by atoms with van der Waals surface area (Å²) in [4.78, 5) is 74.4. The molecule has 2 aliphatic rings. The second-order valence-corrected chi connectivity index (χ2v) is 49.1. The summed E-state index contributed by atoms with van der Waals surface area (Å²) in [6.45, 7) is 33.2. The third kappa shape index (κ3) is 72.6.